The van der Waals surface area contributed by atoms with Crippen LogP contribution in [0.15, 0.2) is 29.5 Å². The number of halogens is 1. The first-order chi connectivity index (χ1) is 13.1. The molecule has 2 rings (SSSR count). The maximum Gasteiger partial charge on any atom is 0.194 e. The number of aliphatic hydroxyl groups is 1. The number of rotatable bonds is 9. The van der Waals surface area contributed by atoms with E-state index in [0.29, 0.717) is 24.6 Å². The zero-order valence-electron chi connectivity index (χ0n) is 16.8. The van der Waals surface area contributed by atoms with Crippen molar-refractivity contribution in [1.82, 2.24) is 25.0 Å². The Morgan fingerprint density at radius 3 is 2.75 bits per heavy atom. The van der Waals surface area contributed by atoms with Gasteiger partial charge >= 0.3 is 0 Å². The quantitative estimate of drug-likeness (QED) is 0.303. The van der Waals surface area contributed by atoms with Gasteiger partial charge in [0.1, 0.15) is 18.8 Å². The van der Waals surface area contributed by atoms with Crippen molar-refractivity contribution in [3.63, 3.8) is 0 Å². The number of hydrogen-bond donors (Lipinski definition) is 2. The van der Waals surface area contributed by atoms with Crippen molar-refractivity contribution in [2.24, 2.45) is 12.0 Å². The molecule has 2 N–H and O–H groups in total. The van der Waals surface area contributed by atoms with Crippen LogP contribution in [-0.4, -0.2) is 64.6 Å². The molecule has 0 saturated carbocycles. The third-order valence-corrected chi connectivity index (χ3v) is 3.87. The van der Waals surface area contributed by atoms with Crippen LogP contribution in [0.3, 0.4) is 0 Å². The molecule has 0 radical (unpaired) electrons. The molecule has 9 nitrogen and oxygen atoms in total. The Labute approximate surface area is 182 Å². The highest BCUT2D eigenvalue weighted by molar-refractivity contribution is 14.0. The summed E-state index contributed by atoms with van der Waals surface area (Å²) >= 11 is 0. The number of benzene rings is 1. The van der Waals surface area contributed by atoms with E-state index >= 15 is 0 Å². The van der Waals surface area contributed by atoms with Gasteiger partial charge in [-0.25, -0.2) is 9.98 Å². The number of nitrogens with zero attached hydrogens (tertiary/aromatic N) is 5. The first-order valence-electron chi connectivity index (χ1n) is 8.81. The Morgan fingerprint density at radius 2 is 2.14 bits per heavy atom. The van der Waals surface area contributed by atoms with E-state index in [1.807, 2.05) is 44.1 Å². The second-order valence-electron chi connectivity index (χ2n) is 5.88. The Bertz CT molecular complexity index is 753. The predicted octanol–water partition coefficient (Wildman–Crippen LogP) is 1.41. The Balaban J connectivity index is 0.00000392. The average Bonchev–Trinajstić information content (AvgIpc) is 3.08. The molecule has 1 heterocycles. The van der Waals surface area contributed by atoms with Crippen molar-refractivity contribution in [2.75, 3.05) is 33.9 Å². The summed E-state index contributed by atoms with van der Waals surface area (Å²) in [6.07, 6.45) is 1.54. The Hall–Kier alpha value is -2.08. The van der Waals surface area contributed by atoms with Gasteiger partial charge in [-0.05, 0) is 24.6 Å². The summed E-state index contributed by atoms with van der Waals surface area (Å²) in [4.78, 5) is 11.0. The van der Waals surface area contributed by atoms with Gasteiger partial charge in [0.15, 0.2) is 17.5 Å². The Kier molecular flexibility index (Phi) is 10.6. The minimum absolute atomic E-state index is 0. The largest absolute Gasteiger partial charge is 0.493 e. The molecule has 0 bridgehead atoms. The maximum atomic E-state index is 8.90. The highest BCUT2D eigenvalue weighted by atomic mass is 127. The van der Waals surface area contributed by atoms with Crippen LogP contribution in [0.4, 0.5) is 0 Å². The summed E-state index contributed by atoms with van der Waals surface area (Å²) in [5.41, 5.74) is 0.991. The van der Waals surface area contributed by atoms with Gasteiger partial charge in [0.05, 0.1) is 26.8 Å². The van der Waals surface area contributed by atoms with Gasteiger partial charge < -0.3 is 24.8 Å². The molecule has 1 aromatic heterocycles. The van der Waals surface area contributed by atoms with E-state index < -0.39 is 0 Å². The van der Waals surface area contributed by atoms with E-state index in [-0.39, 0.29) is 37.2 Å². The van der Waals surface area contributed by atoms with E-state index in [4.69, 9.17) is 19.6 Å². The summed E-state index contributed by atoms with van der Waals surface area (Å²) < 4.78 is 12.6. The topological polar surface area (TPSA) is 97.0 Å². The molecule has 0 saturated heterocycles. The van der Waals surface area contributed by atoms with Gasteiger partial charge in [0.2, 0.25) is 0 Å². The smallest absolute Gasteiger partial charge is 0.194 e. The number of guanidine groups is 1. The SMILES string of the molecule is CCNC(=NCc1ccc(OCCO)c(OC)c1)N(C)Cc1ncnn1C.I. The number of ether oxygens (including phenoxy) is 2. The van der Waals surface area contributed by atoms with Crippen LogP contribution < -0.4 is 14.8 Å². The van der Waals surface area contributed by atoms with Gasteiger partial charge in [0, 0.05) is 20.6 Å². The number of aliphatic imine (C=N–C) groups is 1. The molecule has 2 aromatic rings. The molecule has 0 fully saturated rings. The first kappa shape index (κ1) is 24.0. The maximum absolute atomic E-state index is 8.90. The number of aliphatic hydroxyl groups excluding tert-OH is 1. The van der Waals surface area contributed by atoms with Crippen molar-refractivity contribution >= 4 is 29.9 Å². The lowest BCUT2D eigenvalue weighted by molar-refractivity contribution is 0.196. The lowest BCUT2D eigenvalue weighted by Crippen LogP contribution is -2.39. The number of nitrogens with one attached hydrogen (secondary N) is 1. The highest BCUT2D eigenvalue weighted by Gasteiger charge is 2.11. The number of hydrogen-bond acceptors (Lipinski definition) is 6. The van der Waals surface area contributed by atoms with E-state index in [0.717, 1.165) is 23.9 Å². The van der Waals surface area contributed by atoms with E-state index in [1.165, 1.54) is 0 Å². The lowest BCUT2D eigenvalue weighted by atomic mass is 10.2. The van der Waals surface area contributed by atoms with Crippen LogP contribution in [0.1, 0.15) is 18.3 Å². The fourth-order valence-corrected chi connectivity index (χ4v) is 2.47. The zero-order chi connectivity index (χ0) is 19.6. The molecular formula is C18H29IN6O3. The fourth-order valence-electron chi connectivity index (χ4n) is 2.47. The minimum Gasteiger partial charge on any atom is -0.493 e. The van der Waals surface area contributed by atoms with Gasteiger partial charge in [-0.3, -0.25) is 4.68 Å². The van der Waals surface area contributed by atoms with E-state index in [2.05, 4.69) is 15.4 Å². The van der Waals surface area contributed by atoms with Crippen LogP contribution in [0.5, 0.6) is 11.5 Å². The summed E-state index contributed by atoms with van der Waals surface area (Å²) in [5.74, 6) is 2.86. The standard InChI is InChI=1S/C18H28N6O3.HI/c1-5-19-18(23(2)12-17-21-13-22-24(17)3)20-11-14-6-7-15(27-9-8-25)16(10-14)26-4;/h6-7,10,13,25H,5,8-9,11-12H2,1-4H3,(H,19,20);1H. The molecule has 10 heteroatoms. The van der Waals surface area contributed by atoms with Crippen molar-refractivity contribution < 1.29 is 14.6 Å². The highest BCUT2D eigenvalue weighted by Crippen LogP contribution is 2.28. The monoisotopic (exact) mass is 504 g/mol. The van der Waals surface area contributed by atoms with Crippen LogP contribution >= 0.6 is 24.0 Å². The minimum atomic E-state index is -0.0426. The van der Waals surface area contributed by atoms with Gasteiger partial charge in [-0.2, -0.15) is 5.10 Å². The molecule has 0 aliphatic heterocycles. The molecule has 0 aliphatic carbocycles. The number of methoxy groups -OCH3 is 1. The van der Waals surface area contributed by atoms with E-state index in [1.54, 1.807) is 18.1 Å². The summed E-state index contributed by atoms with van der Waals surface area (Å²) in [5, 5.41) is 16.3. The van der Waals surface area contributed by atoms with Crippen LogP contribution in [0.2, 0.25) is 0 Å². The lowest BCUT2D eigenvalue weighted by Gasteiger charge is -2.21. The van der Waals surface area contributed by atoms with Crippen LogP contribution in [0.25, 0.3) is 0 Å². The van der Waals surface area contributed by atoms with Crippen molar-refractivity contribution in [2.45, 2.75) is 20.0 Å². The van der Waals surface area contributed by atoms with Gasteiger partial charge in [-0.1, -0.05) is 6.07 Å². The van der Waals surface area contributed by atoms with Crippen LogP contribution in [-0.2, 0) is 20.1 Å². The van der Waals surface area contributed by atoms with Crippen molar-refractivity contribution in [3.05, 3.63) is 35.9 Å². The molecule has 1 aromatic carbocycles. The molecule has 0 amide bonds. The summed E-state index contributed by atoms with van der Waals surface area (Å²) in [7, 11) is 5.42. The summed E-state index contributed by atoms with van der Waals surface area (Å²) in [6.45, 7) is 4.06. The molecule has 0 unspecified atom stereocenters. The van der Waals surface area contributed by atoms with E-state index in [9.17, 15) is 0 Å². The molecular weight excluding hydrogens is 475 g/mol. The van der Waals surface area contributed by atoms with Crippen LogP contribution in [0, 0.1) is 0 Å². The Morgan fingerprint density at radius 1 is 1.36 bits per heavy atom. The van der Waals surface area contributed by atoms with Crippen molar-refractivity contribution in [3.8, 4) is 11.5 Å². The fraction of sp³-hybridized carbons (Fsp3) is 0.500. The van der Waals surface area contributed by atoms with Crippen molar-refractivity contribution in [1.29, 1.82) is 0 Å². The second kappa shape index (κ2) is 12.4. The summed E-state index contributed by atoms with van der Waals surface area (Å²) in [6, 6.07) is 5.66. The predicted molar refractivity (Wildman–Crippen MR) is 118 cm³/mol. The molecule has 28 heavy (non-hydrogen) atoms. The zero-order valence-corrected chi connectivity index (χ0v) is 19.1. The first-order valence-corrected chi connectivity index (χ1v) is 8.81. The normalized spacial score (nSPS) is 11.0. The third kappa shape index (κ3) is 6.82. The number of aryl methyl sites for hydroxylation is 1. The molecule has 0 spiro atoms. The van der Waals surface area contributed by atoms with Gasteiger partial charge in [0.25, 0.3) is 0 Å². The third-order valence-electron chi connectivity index (χ3n) is 3.87. The molecule has 0 aliphatic rings. The molecule has 0 atom stereocenters. The average molecular weight is 504 g/mol. The van der Waals surface area contributed by atoms with Gasteiger partial charge in [-0.15, -0.1) is 24.0 Å². The molecule has 156 valence electrons. The number of aromatic nitrogens is 3. The second-order valence-corrected chi connectivity index (χ2v) is 5.88.